The van der Waals surface area contributed by atoms with Crippen LogP contribution >= 0.6 is 11.3 Å². The second-order valence-corrected chi connectivity index (χ2v) is 9.59. The average molecular weight is 417 g/mol. The number of sulfonamides is 1. The van der Waals surface area contributed by atoms with Crippen molar-refractivity contribution in [3.05, 3.63) is 47.6 Å². The van der Waals surface area contributed by atoms with Crippen LogP contribution < -0.4 is 5.32 Å². The SMILES string of the molecule is C[C@@H]1CCCCN1S(=O)(=O)c1ccc(C(=O)Nc2ncnc3sccc23)cc1. The number of carbonyl (C=O) groups is 1. The molecule has 0 bridgehead atoms. The van der Waals surface area contributed by atoms with Gasteiger partial charge in [-0.25, -0.2) is 18.4 Å². The Kier molecular flexibility index (Phi) is 5.13. The Morgan fingerprint density at radius 1 is 1.18 bits per heavy atom. The summed E-state index contributed by atoms with van der Waals surface area (Å²) in [6.07, 6.45) is 4.20. The highest BCUT2D eigenvalue weighted by atomic mass is 32.2. The fraction of sp³-hybridized carbons (Fsp3) is 0.316. The van der Waals surface area contributed by atoms with Gasteiger partial charge in [-0.1, -0.05) is 6.42 Å². The molecule has 3 aromatic rings. The highest BCUT2D eigenvalue weighted by Crippen LogP contribution is 2.26. The summed E-state index contributed by atoms with van der Waals surface area (Å²) in [6.45, 7) is 2.47. The minimum absolute atomic E-state index is 0.00694. The minimum atomic E-state index is -3.55. The van der Waals surface area contributed by atoms with Crippen molar-refractivity contribution in [3.63, 3.8) is 0 Å². The third-order valence-electron chi connectivity index (χ3n) is 4.96. The summed E-state index contributed by atoms with van der Waals surface area (Å²) >= 11 is 1.47. The van der Waals surface area contributed by atoms with Crippen molar-refractivity contribution in [3.8, 4) is 0 Å². The number of hydrogen-bond acceptors (Lipinski definition) is 6. The van der Waals surface area contributed by atoms with Gasteiger partial charge in [-0.2, -0.15) is 4.31 Å². The maximum Gasteiger partial charge on any atom is 0.256 e. The smallest absolute Gasteiger partial charge is 0.256 e. The van der Waals surface area contributed by atoms with Crippen molar-refractivity contribution in [2.45, 2.75) is 37.1 Å². The van der Waals surface area contributed by atoms with Gasteiger partial charge in [-0.15, -0.1) is 11.3 Å². The summed E-state index contributed by atoms with van der Waals surface area (Å²) in [4.78, 5) is 21.9. The van der Waals surface area contributed by atoms with Crippen LogP contribution in [0.3, 0.4) is 0 Å². The molecule has 1 saturated heterocycles. The summed E-state index contributed by atoms with van der Waals surface area (Å²) in [5.74, 6) is 0.0941. The number of rotatable bonds is 4. The van der Waals surface area contributed by atoms with Crippen LogP contribution in [0.4, 0.5) is 5.82 Å². The number of nitrogens with one attached hydrogen (secondary N) is 1. The number of nitrogens with zero attached hydrogens (tertiary/aromatic N) is 3. The van der Waals surface area contributed by atoms with Crippen molar-refractivity contribution in [2.75, 3.05) is 11.9 Å². The summed E-state index contributed by atoms with van der Waals surface area (Å²) in [5, 5.41) is 5.43. The highest BCUT2D eigenvalue weighted by molar-refractivity contribution is 7.89. The fourth-order valence-electron chi connectivity index (χ4n) is 3.41. The molecule has 0 unspecified atom stereocenters. The number of aromatic nitrogens is 2. The van der Waals surface area contributed by atoms with Crippen LogP contribution in [0.25, 0.3) is 10.2 Å². The van der Waals surface area contributed by atoms with Gasteiger partial charge in [-0.05, 0) is 55.5 Å². The first-order valence-electron chi connectivity index (χ1n) is 9.08. The molecule has 9 heteroatoms. The molecular weight excluding hydrogens is 396 g/mol. The zero-order chi connectivity index (χ0) is 19.7. The second kappa shape index (κ2) is 7.57. The summed E-state index contributed by atoms with van der Waals surface area (Å²) < 4.78 is 27.3. The number of thiophene rings is 1. The Morgan fingerprint density at radius 3 is 2.71 bits per heavy atom. The van der Waals surface area contributed by atoms with E-state index >= 15 is 0 Å². The maximum absolute atomic E-state index is 12.9. The van der Waals surface area contributed by atoms with Crippen molar-refractivity contribution in [1.29, 1.82) is 0 Å². The van der Waals surface area contributed by atoms with E-state index in [-0.39, 0.29) is 16.8 Å². The van der Waals surface area contributed by atoms with E-state index in [0.29, 0.717) is 17.9 Å². The first-order valence-corrected chi connectivity index (χ1v) is 11.4. The largest absolute Gasteiger partial charge is 0.306 e. The van der Waals surface area contributed by atoms with E-state index in [1.807, 2.05) is 18.4 Å². The highest BCUT2D eigenvalue weighted by Gasteiger charge is 2.30. The normalized spacial score (nSPS) is 18.2. The number of hydrogen-bond donors (Lipinski definition) is 1. The standard InChI is InChI=1S/C19H20N4O3S2/c1-13-4-2-3-10-23(13)28(25,26)15-7-5-14(6-8-15)18(24)22-17-16-9-11-27-19(16)21-12-20-17/h5-9,11-13H,2-4,10H2,1H3,(H,20,21,22,24)/t13-/m1/s1. The van der Waals surface area contributed by atoms with Gasteiger partial charge in [0.15, 0.2) is 0 Å². The quantitative estimate of drug-likeness (QED) is 0.703. The van der Waals surface area contributed by atoms with Gasteiger partial charge >= 0.3 is 0 Å². The number of amides is 1. The molecule has 28 heavy (non-hydrogen) atoms. The first-order chi connectivity index (χ1) is 13.5. The van der Waals surface area contributed by atoms with Crippen molar-refractivity contribution in [1.82, 2.24) is 14.3 Å². The Bertz CT molecular complexity index is 1110. The van der Waals surface area contributed by atoms with Gasteiger partial charge in [0.1, 0.15) is 17.0 Å². The van der Waals surface area contributed by atoms with Gasteiger partial charge in [-0.3, -0.25) is 4.79 Å². The van der Waals surface area contributed by atoms with Crippen LogP contribution in [0.5, 0.6) is 0 Å². The second-order valence-electron chi connectivity index (χ2n) is 6.80. The van der Waals surface area contributed by atoms with E-state index in [1.165, 1.54) is 41.9 Å². The maximum atomic E-state index is 12.9. The van der Waals surface area contributed by atoms with E-state index in [0.717, 1.165) is 29.5 Å². The van der Waals surface area contributed by atoms with Gasteiger partial charge in [0, 0.05) is 18.2 Å². The fourth-order valence-corrected chi connectivity index (χ4v) is 5.84. The number of fused-ring (bicyclic) bond motifs is 1. The predicted molar refractivity (Wildman–Crippen MR) is 109 cm³/mol. The molecule has 1 amide bonds. The predicted octanol–water partition coefficient (Wildman–Crippen LogP) is 3.51. The van der Waals surface area contributed by atoms with Crippen molar-refractivity contribution < 1.29 is 13.2 Å². The Hall–Kier alpha value is -2.36. The van der Waals surface area contributed by atoms with E-state index in [4.69, 9.17) is 0 Å². The minimum Gasteiger partial charge on any atom is -0.306 e. The molecule has 0 saturated carbocycles. The number of carbonyl (C=O) groups excluding carboxylic acids is 1. The molecule has 3 heterocycles. The monoisotopic (exact) mass is 416 g/mol. The van der Waals surface area contributed by atoms with Gasteiger partial charge in [0.25, 0.3) is 5.91 Å². The zero-order valence-corrected chi connectivity index (χ0v) is 17.0. The molecular formula is C19H20N4O3S2. The molecule has 2 aromatic heterocycles. The third kappa shape index (κ3) is 3.52. The molecule has 7 nitrogen and oxygen atoms in total. The Morgan fingerprint density at radius 2 is 1.96 bits per heavy atom. The van der Waals surface area contributed by atoms with E-state index in [2.05, 4.69) is 15.3 Å². The number of benzene rings is 1. The van der Waals surface area contributed by atoms with Crippen molar-refractivity contribution >= 4 is 43.3 Å². The average Bonchev–Trinajstić information content (AvgIpc) is 3.18. The molecule has 1 aliphatic heterocycles. The molecule has 0 aliphatic carbocycles. The molecule has 1 N–H and O–H groups in total. The number of piperidine rings is 1. The zero-order valence-electron chi connectivity index (χ0n) is 15.3. The molecule has 1 aliphatic rings. The number of anilines is 1. The summed E-state index contributed by atoms with van der Waals surface area (Å²) in [6, 6.07) is 7.89. The lowest BCUT2D eigenvalue weighted by Gasteiger charge is -2.32. The van der Waals surface area contributed by atoms with Gasteiger partial charge < -0.3 is 5.32 Å². The summed E-state index contributed by atoms with van der Waals surface area (Å²) in [7, 11) is -3.55. The van der Waals surface area contributed by atoms with E-state index in [9.17, 15) is 13.2 Å². The van der Waals surface area contributed by atoms with Crippen LogP contribution in [0.1, 0.15) is 36.5 Å². The molecule has 1 atom stereocenters. The summed E-state index contributed by atoms with van der Waals surface area (Å²) in [5.41, 5.74) is 0.368. The first kappa shape index (κ1) is 19.0. The van der Waals surface area contributed by atoms with E-state index < -0.39 is 10.0 Å². The van der Waals surface area contributed by atoms with Crippen LogP contribution in [0, 0.1) is 0 Å². The van der Waals surface area contributed by atoms with Gasteiger partial charge in [0.05, 0.1) is 10.3 Å². The Labute approximate surface area is 167 Å². The lowest BCUT2D eigenvalue weighted by atomic mass is 10.1. The molecule has 1 aromatic carbocycles. The topological polar surface area (TPSA) is 92.3 Å². The molecule has 0 spiro atoms. The molecule has 146 valence electrons. The molecule has 4 rings (SSSR count). The lowest BCUT2D eigenvalue weighted by molar-refractivity contribution is 0.102. The van der Waals surface area contributed by atoms with Crippen molar-refractivity contribution in [2.24, 2.45) is 0 Å². The third-order valence-corrected chi connectivity index (χ3v) is 7.81. The van der Waals surface area contributed by atoms with Gasteiger partial charge in [0.2, 0.25) is 10.0 Å². The van der Waals surface area contributed by atoms with Crippen LogP contribution in [0.15, 0.2) is 46.9 Å². The Balaban J connectivity index is 1.54. The van der Waals surface area contributed by atoms with Crippen LogP contribution in [-0.2, 0) is 10.0 Å². The molecule has 0 radical (unpaired) electrons. The van der Waals surface area contributed by atoms with E-state index in [1.54, 1.807) is 4.31 Å². The lowest BCUT2D eigenvalue weighted by Crippen LogP contribution is -2.41. The van der Waals surface area contributed by atoms with Crippen LogP contribution in [0.2, 0.25) is 0 Å². The van der Waals surface area contributed by atoms with Crippen LogP contribution in [-0.4, -0.2) is 41.2 Å². The molecule has 1 fully saturated rings.